The summed E-state index contributed by atoms with van der Waals surface area (Å²) in [7, 11) is 0. The number of allylic oxidation sites excluding steroid dienone is 4. The molecular weight excluding hydrogens is 843 g/mol. The molecule has 1 aromatic carbocycles. The van der Waals surface area contributed by atoms with E-state index < -0.39 is 18.1 Å². The molecule has 0 amide bonds. The lowest BCUT2D eigenvalue weighted by molar-refractivity contribution is -0.135. The maximum atomic E-state index is 12.4. The van der Waals surface area contributed by atoms with Crippen LogP contribution in [0.25, 0.3) is 0 Å². The van der Waals surface area contributed by atoms with Gasteiger partial charge in [0.2, 0.25) is 0 Å². The van der Waals surface area contributed by atoms with Gasteiger partial charge in [-0.1, -0.05) is 262 Å². The number of hydrogen-bond acceptors (Lipinski definition) is 1. The van der Waals surface area contributed by atoms with Crippen molar-refractivity contribution in [3.8, 4) is 0 Å². The van der Waals surface area contributed by atoms with Gasteiger partial charge in [0.25, 0.3) is 0 Å². The van der Waals surface area contributed by atoms with Crippen LogP contribution in [-0.2, 0) is 6.42 Å². The minimum absolute atomic E-state index is 0. The van der Waals surface area contributed by atoms with E-state index in [1.165, 1.54) is 154 Å². The summed E-state index contributed by atoms with van der Waals surface area (Å²) in [4.78, 5) is 0. The minimum atomic E-state index is -4.09. The summed E-state index contributed by atoms with van der Waals surface area (Å²) < 4.78 is 74.4. The van der Waals surface area contributed by atoms with Crippen LogP contribution in [0.3, 0.4) is 0 Å². The van der Waals surface area contributed by atoms with Gasteiger partial charge in [0, 0.05) is 12.2 Å². The fourth-order valence-corrected chi connectivity index (χ4v) is 10.8. The van der Waals surface area contributed by atoms with Crippen molar-refractivity contribution in [2.45, 2.75) is 296 Å². The number of alkyl halides is 6. The van der Waals surface area contributed by atoms with Crippen LogP contribution in [0.5, 0.6) is 0 Å². The molecule has 0 bridgehead atoms. The third kappa shape index (κ3) is 32.9. The first-order valence-electron chi connectivity index (χ1n) is 27.2. The smallest absolute Gasteiger partial charge is 0.171 e. The second-order valence-corrected chi connectivity index (χ2v) is 21.0. The van der Waals surface area contributed by atoms with Gasteiger partial charge < -0.3 is 0 Å². The van der Waals surface area contributed by atoms with Gasteiger partial charge in [0.1, 0.15) is 0 Å². The van der Waals surface area contributed by atoms with E-state index >= 15 is 0 Å². The fraction of sp³-hybridized carbons (Fsp3) is 0.828. The molecule has 380 valence electrons. The first-order valence-corrected chi connectivity index (χ1v) is 28.2. The molecule has 1 aliphatic carbocycles. The highest BCUT2D eigenvalue weighted by Gasteiger charge is 2.29. The maximum absolute atomic E-state index is 12.4. The standard InChI is InChI=1S/C57H96F6S.CH4/c1-4-6-7-8-9-10-11-16-21-26-31-39-49(3)54-48-50(40-32-27-22-17-13-15-20-25-30-37-47-64-57(61,62)63)41-34-35-42-51(5-2)53-45-38-44-52(55(53)54)43-33-28-23-18-12-14-19-24-29-36-46-56(58,59)60;/h34-35,38,41,44-45,49,51,54H,4-33,36-37,39-40,42-43,46-48H2,1-3H3;1H4/b35-34-,50-41-;. The average Bonchev–Trinajstić information content (AvgIpc) is 3.25. The Morgan fingerprint density at radius 1 is 0.585 bits per heavy atom. The molecule has 0 radical (unpaired) electrons. The second kappa shape index (κ2) is 39.5. The number of halogens is 6. The molecule has 0 nitrogen and oxygen atoms in total. The molecule has 2 rings (SSSR count). The Morgan fingerprint density at radius 3 is 1.57 bits per heavy atom. The van der Waals surface area contributed by atoms with E-state index in [0.717, 1.165) is 64.2 Å². The van der Waals surface area contributed by atoms with E-state index in [4.69, 9.17) is 0 Å². The second-order valence-electron chi connectivity index (χ2n) is 19.9. The van der Waals surface area contributed by atoms with Gasteiger partial charge in [-0.3, -0.25) is 0 Å². The summed E-state index contributed by atoms with van der Waals surface area (Å²) in [5.41, 5.74) is 2.41. The van der Waals surface area contributed by atoms with Gasteiger partial charge in [0.15, 0.2) is 0 Å². The monoisotopic (exact) mass is 943 g/mol. The van der Waals surface area contributed by atoms with Crippen LogP contribution in [0, 0.1) is 5.92 Å². The van der Waals surface area contributed by atoms with Crippen molar-refractivity contribution in [2.24, 2.45) is 5.92 Å². The van der Waals surface area contributed by atoms with Crippen LogP contribution >= 0.6 is 11.8 Å². The van der Waals surface area contributed by atoms with Crippen molar-refractivity contribution >= 4 is 11.8 Å². The van der Waals surface area contributed by atoms with Crippen LogP contribution < -0.4 is 0 Å². The number of thioether (sulfide) groups is 1. The largest absolute Gasteiger partial charge is 0.441 e. The highest BCUT2D eigenvalue weighted by molar-refractivity contribution is 8.00. The molecule has 0 saturated heterocycles. The van der Waals surface area contributed by atoms with Crippen molar-refractivity contribution in [2.75, 3.05) is 5.75 Å². The number of hydrogen-bond donors (Lipinski definition) is 0. The number of rotatable bonds is 39. The average molecular weight is 943 g/mol. The SMILES string of the molecule is C.CCCCCCCCCCCCCC(C)C1C/C(CCCCCCCCCCCCSC(F)(F)F)=C\C=C/CC(CC)c2cccc(CCCCCCCCCCCCC(F)(F)F)c21. The van der Waals surface area contributed by atoms with Gasteiger partial charge in [-0.15, -0.1) is 0 Å². The molecule has 0 spiro atoms. The van der Waals surface area contributed by atoms with Gasteiger partial charge in [-0.2, -0.15) is 26.3 Å². The van der Waals surface area contributed by atoms with E-state index in [9.17, 15) is 26.3 Å². The molecule has 7 heteroatoms. The van der Waals surface area contributed by atoms with E-state index in [1.807, 2.05) is 0 Å². The van der Waals surface area contributed by atoms with Gasteiger partial charge >= 0.3 is 11.7 Å². The van der Waals surface area contributed by atoms with Crippen LogP contribution in [0.15, 0.2) is 42.0 Å². The lowest BCUT2D eigenvalue weighted by Crippen LogP contribution is -2.18. The van der Waals surface area contributed by atoms with Crippen molar-refractivity contribution in [1.82, 2.24) is 0 Å². The summed E-state index contributed by atoms with van der Waals surface area (Å²) in [5.74, 6) is 1.89. The lowest BCUT2D eigenvalue weighted by atomic mass is 9.72. The van der Waals surface area contributed by atoms with E-state index in [2.05, 4.69) is 57.2 Å². The van der Waals surface area contributed by atoms with Crippen LogP contribution in [0.1, 0.15) is 294 Å². The first kappa shape index (κ1) is 61.6. The van der Waals surface area contributed by atoms with Crippen LogP contribution in [0.2, 0.25) is 0 Å². The molecule has 0 N–H and O–H groups in total. The van der Waals surface area contributed by atoms with Crippen molar-refractivity contribution in [1.29, 1.82) is 0 Å². The van der Waals surface area contributed by atoms with E-state index in [1.54, 1.807) is 22.3 Å². The number of aryl methyl sites for hydroxylation is 1. The minimum Gasteiger partial charge on any atom is -0.171 e. The molecule has 1 aromatic rings. The Balaban J connectivity index is 0.0000211. The zero-order valence-corrected chi connectivity index (χ0v) is 42.3. The van der Waals surface area contributed by atoms with Crippen LogP contribution in [-0.4, -0.2) is 17.4 Å². The molecule has 65 heavy (non-hydrogen) atoms. The Hall–Kier alpha value is -1.37. The summed E-state index contributed by atoms with van der Waals surface area (Å²) in [6.07, 6.45) is 46.2. The summed E-state index contributed by atoms with van der Waals surface area (Å²) in [6.45, 7) is 7.23. The molecular formula is C58H100F6S. The fourth-order valence-electron chi connectivity index (χ4n) is 10.2. The third-order valence-electron chi connectivity index (χ3n) is 14.2. The van der Waals surface area contributed by atoms with Crippen LogP contribution in [0.4, 0.5) is 26.3 Å². The molecule has 0 heterocycles. The molecule has 3 unspecified atom stereocenters. The van der Waals surface area contributed by atoms with E-state index in [0.29, 0.717) is 30.6 Å². The highest BCUT2D eigenvalue weighted by atomic mass is 32.2. The molecule has 0 aliphatic heterocycles. The maximum Gasteiger partial charge on any atom is 0.441 e. The lowest BCUT2D eigenvalue weighted by Gasteiger charge is -2.33. The van der Waals surface area contributed by atoms with Crippen molar-refractivity contribution < 1.29 is 26.3 Å². The third-order valence-corrected chi connectivity index (χ3v) is 15.0. The number of unbranched alkanes of at least 4 members (excludes halogenated alkanes) is 28. The summed E-state index contributed by atoms with van der Waals surface area (Å²) in [6, 6.07) is 7.29. The molecule has 3 atom stereocenters. The Labute approximate surface area is 402 Å². The van der Waals surface area contributed by atoms with Crippen molar-refractivity contribution in [3.63, 3.8) is 0 Å². The zero-order chi connectivity index (χ0) is 46.6. The topological polar surface area (TPSA) is 0 Å². The predicted octanol–water partition coefficient (Wildman–Crippen LogP) is 22.5. The molecule has 0 aromatic heterocycles. The van der Waals surface area contributed by atoms with Gasteiger partial charge in [-0.25, -0.2) is 0 Å². The first-order chi connectivity index (χ1) is 30.9. The Bertz CT molecular complexity index is 1300. The molecule has 0 saturated carbocycles. The molecule has 0 fully saturated rings. The predicted molar refractivity (Wildman–Crippen MR) is 275 cm³/mol. The number of benzene rings is 1. The normalized spacial score (nSPS) is 17.6. The van der Waals surface area contributed by atoms with E-state index in [-0.39, 0.29) is 31.4 Å². The number of fused-ring (bicyclic) bond motifs is 1. The van der Waals surface area contributed by atoms with Crippen molar-refractivity contribution in [3.05, 3.63) is 58.7 Å². The Kier molecular flexibility index (Phi) is 37.4. The molecule has 1 aliphatic rings. The summed E-state index contributed by atoms with van der Waals surface area (Å²) in [5, 5.41) is 0. The van der Waals surface area contributed by atoms with Gasteiger partial charge in [0.05, 0.1) is 0 Å². The quantitative estimate of drug-likeness (QED) is 0.0468. The zero-order valence-electron chi connectivity index (χ0n) is 41.4. The highest BCUT2D eigenvalue weighted by Crippen LogP contribution is 2.43. The summed E-state index contributed by atoms with van der Waals surface area (Å²) >= 11 is 0.118. The Morgan fingerprint density at radius 2 is 1.06 bits per heavy atom. The van der Waals surface area contributed by atoms with Gasteiger partial charge in [-0.05, 0) is 92.2 Å².